The first-order valence-electron chi connectivity index (χ1n) is 3.94. The van der Waals surface area contributed by atoms with E-state index in [0.717, 1.165) is 0 Å². The number of nitrogens with zero attached hydrogens (tertiary/aromatic N) is 1. The molecule has 0 aliphatic rings. The zero-order chi connectivity index (χ0) is 10.6. The van der Waals surface area contributed by atoms with E-state index in [1.807, 2.05) is 0 Å². The standard InChI is InChI=1S/C7H12N4O2S/c8-6-2-1-3-10-7(6)11-4-5-14(9,12)13/h1-3H,4-5,8H2,(H,10,11)(H2,9,12,13). The Hall–Kier alpha value is -1.34. The molecule has 0 saturated heterocycles. The van der Waals surface area contributed by atoms with E-state index < -0.39 is 10.0 Å². The fourth-order valence-electron chi connectivity index (χ4n) is 0.877. The van der Waals surface area contributed by atoms with Gasteiger partial charge in [0.25, 0.3) is 0 Å². The van der Waals surface area contributed by atoms with Gasteiger partial charge in [-0.2, -0.15) is 0 Å². The molecule has 0 bridgehead atoms. The Bertz CT molecular complexity index is 404. The predicted octanol–water partition coefficient (Wildman–Crippen LogP) is -0.636. The number of rotatable bonds is 4. The first kappa shape index (κ1) is 10.7. The van der Waals surface area contributed by atoms with Crippen molar-refractivity contribution < 1.29 is 8.42 Å². The van der Waals surface area contributed by atoms with E-state index in [1.54, 1.807) is 18.3 Å². The summed E-state index contributed by atoms with van der Waals surface area (Å²) in [6.45, 7) is 0.194. The highest BCUT2D eigenvalue weighted by Gasteiger charge is 2.03. The number of pyridine rings is 1. The van der Waals surface area contributed by atoms with Gasteiger partial charge in [-0.25, -0.2) is 18.5 Å². The van der Waals surface area contributed by atoms with Crippen LogP contribution in [0.1, 0.15) is 0 Å². The number of aromatic nitrogens is 1. The number of primary sulfonamides is 1. The van der Waals surface area contributed by atoms with Crippen LogP contribution in [0.25, 0.3) is 0 Å². The summed E-state index contributed by atoms with van der Waals surface area (Å²) in [4.78, 5) is 3.93. The number of nitrogen functional groups attached to an aromatic ring is 1. The maximum Gasteiger partial charge on any atom is 0.210 e. The quantitative estimate of drug-likeness (QED) is 0.620. The molecule has 0 amide bonds. The summed E-state index contributed by atoms with van der Waals surface area (Å²) >= 11 is 0. The fourth-order valence-corrected chi connectivity index (χ4v) is 1.26. The Kier molecular flexibility index (Phi) is 3.26. The van der Waals surface area contributed by atoms with Crippen LogP contribution in [-0.2, 0) is 10.0 Å². The molecule has 6 nitrogen and oxygen atoms in total. The van der Waals surface area contributed by atoms with Gasteiger partial charge in [0.2, 0.25) is 10.0 Å². The molecule has 14 heavy (non-hydrogen) atoms. The molecule has 0 unspecified atom stereocenters. The number of nitrogens with one attached hydrogen (secondary N) is 1. The van der Waals surface area contributed by atoms with E-state index in [-0.39, 0.29) is 12.3 Å². The summed E-state index contributed by atoms with van der Waals surface area (Å²) in [5, 5.41) is 7.59. The largest absolute Gasteiger partial charge is 0.396 e. The summed E-state index contributed by atoms with van der Waals surface area (Å²) in [7, 11) is -3.44. The Morgan fingerprint density at radius 2 is 2.21 bits per heavy atom. The van der Waals surface area contributed by atoms with Crippen molar-refractivity contribution in [2.24, 2.45) is 5.14 Å². The summed E-state index contributed by atoms with van der Waals surface area (Å²) in [6.07, 6.45) is 1.57. The molecule has 0 aromatic carbocycles. The molecule has 7 heteroatoms. The average molecular weight is 216 g/mol. The second-order valence-corrected chi connectivity index (χ2v) is 4.47. The van der Waals surface area contributed by atoms with E-state index in [0.29, 0.717) is 11.5 Å². The van der Waals surface area contributed by atoms with Crippen LogP contribution in [0, 0.1) is 0 Å². The van der Waals surface area contributed by atoms with Gasteiger partial charge in [0, 0.05) is 12.7 Å². The molecule has 5 N–H and O–H groups in total. The van der Waals surface area contributed by atoms with Crippen LogP contribution in [0.2, 0.25) is 0 Å². The highest BCUT2D eigenvalue weighted by Crippen LogP contribution is 2.11. The lowest BCUT2D eigenvalue weighted by molar-refractivity contribution is 0.598. The molecule has 0 fully saturated rings. The zero-order valence-electron chi connectivity index (χ0n) is 7.47. The molecule has 1 heterocycles. The van der Waals surface area contributed by atoms with Crippen LogP contribution in [0.15, 0.2) is 18.3 Å². The van der Waals surface area contributed by atoms with E-state index >= 15 is 0 Å². The van der Waals surface area contributed by atoms with Gasteiger partial charge >= 0.3 is 0 Å². The highest BCUT2D eigenvalue weighted by molar-refractivity contribution is 7.89. The molecule has 0 aliphatic carbocycles. The van der Waals surface area contributed by atoms with Crippen molar-refractivity contribution in [1.82, 2.24) is 4.98 Å². The summed E-state index contributed by atoms with van der Waals surface area (Å²) in [6, 6.07) is 3.37. The van der Waals surface area contributed by atoms with Crippen molar-refractivity contribution in [2.45, 2.75) is 0 Å². The number of hydrogen-bond donors (Lipinski definition) is 3. The predicted molar refractivity (Wildman–Crippen MR) is 55.1 cm³/mol. The lowest BCUT2D eigenvalue weighted by Crippen LogP contribution is -2.22. The molecular formula is C7H12N4O2S. The third-order valence-electron chi connectivity index (χ3n) is 1.52. The average Bonchev–Trinajstić information content (AvgIpc) is 2.06. The molecular weight excluding hydrogens is 204 g/mol. The molecule has 0 saturated carbocycles. The minimum atomic E-state index is -3.44. The van der Waals surface area contributed by atoms with Crippen molar-refractivity contribution in [2.75, 3.05) is 23.3 Å². The SMILES string of the molecule is Nc1cccnc1NCCS(N)(=O)=O. The van der Waals surface area contributed by atoms with Crippen molar-refractivity contribution in [3.8, 4) is 0 Å². The first-order chi connectivity index (χ1) is 6.49. The number of hydrogen-bond acceptors (Lipinski definition) is 5. The summed E-state index contributed by atoms with van der Waals surface area (Å²) in [5.74, 6) is 0.319. The minimum absolute atomic E-state index is 0.150. The van der Waals surface area contributed by atoms with Gasteiger partial charge in [-0.05, 0) is 12.1 Å². The van der Waals surface area contributed by atoms with E-state index in [1.165, 1.54) is 0 Å². The van der Waals surface area contributed by atoms with Gasteiger partial charge in [0.15, 0.2) is 0 Å². The Labute approximate surface area is 82.4 Å². The number of sulfonamides is 1. The molecule has 0 spiro atoms. The van der Waals surface area contributed by atoms with Crippen LogP contribution in [0.5, 0.6) is 0 Å². The van der Waals surface area contributed by atoms with Crippen molar-refractivity contribution >= 4 is 21.5 Å². The summed E-state index contributed by atoms with van der Waals surface area (Å²) in [5.41, 5.74) is 6.04. The Balaban J connectivity index is 2.51. The van der Waals surface area contributed by atoms with Crippen molar-refractivity contribution in [3.63, 3.8) is 0 Å². The Morgan fingerprint density at radius 1 is 1.50 bits per heavy atom. The van der Waals surface area contributed by atoms with E-state index in [2.05, 4.69) is 10.3 Å². The van der Waals surface area contributed by atoms with Gasteiger partial charge in [0.1, 0.15) is 5.82 Å². The smallest absolute Gasteiger partial charge is 0.210 e. The van der Waals surface area contributed by atoms with Crippen LogP contribution < -0.4 is 16.2 Å². The van der Waals surface area contributed by atoms with Gasteiger partial charge in [-0.1, -0.05) is 0 Å². The molecule has 1 aromatic heterocycles. The maximum atomic E-state index is 10.6. The molecule has 0 atom stereocenters. The van der Waals surface area contributed by atoms with Crippen LogP contribution in [0.4, 0.5) is 11.5 Å². The zero-order valence-corrected chi connectivity index (χ0v) is 8.29. The highest BCUT2D eigenvalue weighted by atomic mass is 32.2. The van der Waals surface area contributed by atoms with Gasteiger partial charge in [-0.3, -0.25) is 0 Å². The van der Waals surface area contributed by atoms with Crippen LogP contribution >= 0.6 is 0 Å². The summed E-state index contributed by atoms with van der Waals surface area (Å²) < 4.78 is 21.2. The lowest BCUT2D eigenvalue weighted by atomic mass is 10.4. The second-order valence-electron chi connectivity index (χ2n) is 2.73. The monoisotopic (exact) mass is 216 g/mol. The van der Waals surface area contributed by atoms with Gasteiger partial charge in [0.05, 0.1) is 11.4 Å². The number of nitrogens with two attached hydrogens (primary N) is 2. The first-order valence-corrected chi connectivity index (χ1v) is 5.65. The van der Waals surface area contributed by atoms with Crippen LogP contribution in [-0.4, -0.2) is 25.7 Å². The van der Waals surface area contributed by atoms with Gasteiger partial charge in [-0.15, -0.1) is 0 Å². The van der Waals surface area contributed by atoms with Crippen molar-refractivity contribution in [3.05, 3.63) is 18.3 Å². The normalized spacial score (nSPS) is 11.2. The third-order valence-corrected chi connectivity index (χ3v) is 2.29. The second kappa shape index (κ2) is 4.25. The lowest BCUT2D eigenvalue weighted by Gasteiger charge is -2.06. The fraction of sp³-hybridized carbons (Fsp3) is 0.286. The Morgan fingerprint density at radius 3 is 2.79 bits per heavy atom. The molecule has 78 valence electrons. The minimum Gasteiger partial charge on any atom is -0.396 e. The topological polar surface area (TPSA) is 111 Å². The van der Waals surface area contributed by atoms with Crippen molar-refractivity contribution in [1.29, 1.82) is 0 Å². The maximum absolute atomic E-state index is 10.6. The number of anilines is 2. The molecule has 0 radical (unpaired) electrons. The van der Waals surface area contributed by atoms with E-state index in [4.69, 9.17) is 10.9 Å². The molecule has 1 rings (SSSR count). The molecule has 1 aromatic rings. The van der Waals surface area contributed by atoms with Gasteiger partial charge < -0.3 is 11.1 Å². The molecule has 0 aliphatic heterocycles. The van der Waals surface area contributed by atoms with E-state index in [9.17, 15) is 8.42 Å². The van der Waals surface area contributed by atoms with Crippen LogP contribution in [0.3, 0.4) is 0 Å². The third kappa shape index (κ3) is 3.58.